The highest BCUT2D eigenvalue weighted by Gasteiger charge is 2.10. The Morgan fingerprint density at radius 1 is 0.889 bits per heavy atom. The summed E-state index contributed by atoms with van der Waals surface area (Å²) in [4.78, 5) is 1.18. The van der Waals surface area contributed by atoms with Gasteiger partial charge < -0.3 is 10.2 Å². The van der Waals surface area contributed by atoms with Crippen LogP contribution in [0, 0.1) is 6.92 Å². The minimum atomic E-state index is 0.273. The fourth-order valence-electron chi connectivity index (χ4n) is 2.10. The number of rotatable bonds is 1. The van der Waals surface area contributed by atoms with Crippen molar-refractivity contribution in [3.63, 3.8) is 0 Å². The van der Waals surface area contributed by atoms with E-state index in [1.54, 1.807) is 35.6 Å². The molecule has 0 amide bonds. The smallest absolute Gasteiger partial charge is 0.117 e. The van der Waals surface area contributed by atoms with Gasteiger partial charge in [0.05, 0.1) is 0 Å². The van der Waals surface area contributed by atoms with Gasteiger partial charge in [0.15, 0.2) is 0 Å². The van der Waals surface area contributed by atoms with Crippen LogP contribution in [-0.4, -0.2) is 10.2 Å². The molecular weight excluding hydrogens is 244 g/mol. The van der Waals surface area contributed by atoms with E-state index in [2.05, 4.69) is 6.92 Å². The summed E-state index contributed by atoms with van der Waals surface area (Å²) < 4.78 is 1.08. The highest BCUT2D eigenvalue weighted by Crippen LogP contribution is 2.39. The largest absolute Gasteiger partial charge is 0.508 e. The van der Waals surface area contributed by atoms with Crippen LogP contribution in [0.25, 0.3) is 20.5 Å². The van der Waals surface area contributed by atoms with Crippen LogP contribution in [0.3, 0.4) is 0 Å². The number of thiophene rings is 1. The van der Waals surface area contributed by atoms with Gasteiger partial charge in [-0.2, -0.15) is 0 Å². The van der Waals surface area contributed by atoms with Crippen molar-refractivity contribution in [2.75, 3.05) is 0 Å². The lowest BCUT2D eigenvalue weighted by Gasteiger charge is -2.00. The lowest BCUT2D eigenvalue weighted by atomic mass is 10.1. The van der Waals surface area contributed by atoms with Gasteiger partial charge in [-0.05, 0) is 65.9 Å². The normalized spacial score (nSPS) is 10.9. The summed E-state index contributed by atoms with van der Waals surface area (Å²) in [7, 11) is 0. The van der Waals surface area contributed by atoms with E-state index < -0.39 is 0 Å². The average Bonchev–Trinajstić information content (AvgIpc) is 2.67. The number of fused-ring (bicyclic) bond motifs is 1. The Labute approximate surface area is 109 Å². The maximum absolute atomic E-state index is 9.51. The second-order valence-corrected chi connectivity index (χ2v) is 5.34. The van der Waals surface area contributed by atoms with Gasteiger partial charge in [-0.15, -0.1) is 11.3 Å². The highest BCUT2D eigenvalue weighted by molar-refractivity contribution is 7.22. The lowest BCUT2D eigenvalue weighted by Crippen LogP contribution is -1.75. The van der Waals surface area contributed by atoms with E-state index in [9.17, 15) is 10.2 Å². The van der Waals surface area contributed by atoms with Gasteiger partial charge in [0.25, 0.3) is 0 Å². The number of benzene rings is 2. The summed E-state index contributed by atoms with van der Waals surface area (Å²) in [6.07, 6.45) is 0. The molecule has 2 aromatic carbocycles. The second-order valence-electron chi connectivity index (χ2n) is 4.28. The van der Waals surface area contributed by atoms with Crippen molar-refractivity contribution in [3.05, 3.63) is 48.0 Å². The summed E-state index contributed by atoms with van der Waals surface area (Å²) in [5.74, 6) is 0.566. The quantitative estimate of drug-likeness (QED) is 0.682. The van der Waals surface area contributed by atoms with Crippen molar-refractivity contribution < 1.29 is 10.2 Å². The molecule has 3 aromatic rings. The Bertz CT molecular complexity index is 711. The molecule has 0 unspecified atom stereocenters. The molecule has 0 saturated heterocycles. The molecule has 0 aliphatic heterocycles. The van der Waals surface area contributed by atoms with Gasteiger partial charge in [-0.1, -0.05) is 0 Å². The van der Waals surface area contributed by atoms with Gasteiger partial charge in [-0.3, -0.25) is 0 Å². The molecule has 18 heavy (non-hydrogen) atoms. The van der Waals surface area contributed by atoms with Crippen LogP contribution in [0.4, 0.5) is 0 Å². The monoisotopic (exact) mass is 256 g/mol. The summed E-state index contributed by atoms with van der Waals surface area (Å²) >= 11 is 1.66. The van der Waals surface area contributed by atoms with E-state index in [1.165, 1.54) is 15.8 Å². The molecule has 0 atom stereocenters. The Kier molecular flexibility index (Phi) is 2.49. The molecule has 0 radical (unpaired) electrons. The van der Waals surface area contributed by atoms with Gasteiger partial charge in [0.1, 0.15) is 11.5 Å². The Morgan fingerprint density at radius 2 is 1.56 bits per heavy atom. The van der Waals surface area contributed by atoms with Crippen LogP contribution >= 0.6 is 11.3 Å². The zero-order chi connectivity index (χ0) is 12.7. The van der Waals surface area contributed by atoms with E-state index in [1.807, 2.05) is 18.2 Å². The molecule has 0 saturated carbocycles. The van der Waals surface area contributed by atoms with Crippen LogP contribution in [0.5, 0.6) is 11.5 Å². The van der Waals surface area contributed by atoms with E-state index in [0.29, 0.717) is 5.75 Å². The van der Waals surface area contributed by atoms with Crippen molar-refractivity contribution in [1.29, 1.82) is 0 Å². The van der Waals surface area contributed by atoms with Crippen molar-refractivity contribution in [1.82, 2.24) is 0 Å². The Hall–Kier alpha value is -2.00. The van der Waals surface area contributed by atoms with E-state index in [-0.39, 0.29) is 5.75 Å². The molecule has 90 valence electrons. The first-order chi connectivity index (χ1) is 8.65. The summed E-state index contributed by atoms with van der Waals surface area (Å²) in [5, 5.41) is 20.0. The fraction of sp³-hybridized carbons (Fsp3) is 0.0667. The maximum atomic E-state index is 9.51. The fourth-order valence-corrected chi connectivity index (χ4v) is 3.35. The van der Waals surface area contributed by atoms with E-state index in [4.69, 9.17) is 0 Å². The zero-order valence-electron chi connectivity index (χ0n) is 9.84. The minimum Gasteiger partial charge on any atom is -0.508 e. The number of aromatic hydroxyl groups is 2. The molecule has 2 N–H and O–H groups in total. The van der Waals surface area contributed by atoms with Crippen LogP contribution in [-0.2, 0) is 0 Å². The molecule has 0 fully saturated rings. The molecular formula is C15H12O2S. The zero-order valence-corrected chi connectivity index (χ0v) is 10.7. The molecule has 1 heterocycles. The molecule has 3 rings (SSSR count). The first-order valence-electron chi connectivity index (χ1n) is 5.66. The number of hydrogen-bond acceptors (Lipinski definition) is 3. The highest BCUT2D eigenvalue weighted by atomic mass is 32.1. The first-order valence-corrected chi connectivity index (χ1v) is 6.48. The number of phenols is 2. The maximum Gasteiger partial charge on any atom is 0.117 e. The third-order valence-electron chi connectivity index (χ3n) is 3.05. The molecule has 0 spiro atoms. The van der Waals surface area contributed by atoms with Crippen molar-refractivity contribution in [2.45, 2.75) is 6.92 Å². The van der Waals surface area contributed by atoms with Crippen LogP contribution in [0.15, 0.2) is 42.5 Å². The van der Waals surface area contributed by atoms with Gasteiger partial charge in [0.2, 0.25) is 0 Å². The minimum absolute atomic E-state index is 0.273. The molecule has 0 aliphatic rings. The average molecular weight is 256 g/mol. The van der Waals surface area contributed by atoms with Crippen molar-refractivity contribution in [2.24, 2.45) is 0 Å². The molecule has 1 aromatic heterocycles. The summed E-state index contributed by atoms with van der Waals surface area (Å²) in [6, 6.07) is 12.6. The Morgan fingerprint density at radius 3 is 2.28 bits per heavy atom. The number of phenolic OH excluding ortho intramolecular Hbond substituents is 2. The van der Waals surface area contributed by atoms with Crippen LogP contribution < -0.4 is 0 Å². The standard InChI is InChI=1S/C15H12O2S/c1-9-13-7-6-12(17)8-14(13)18-15(9)10-2-4-11(16)5-3-10/h2-8,16-17H,1H3. The molecule has 0 bridgehead atoms. The van der Waals surface area contributed by atoms with Crippen LogP contribution in [0.2, 0.25) is 0 Å². The van der Waals surface area contributed by atoms with Gasteiger partial charge in [-0.25, -0.2) is 0 Å². The second kappa shape index (κ2) is 4.03. The molecule has 2 nitrogen and oxygen atoms in total. The van der Waals surface area contributed by atoms with E-state index >= 15 is 0 Å². The predicted octanol–water partition coefficient (Wildman–Crippen LogP) is 4.29. The molecule has 3 heteroatoms. The predicted molar refractivity (Wildman–Crippen MR) is 75.3 cm³/mol. The summed E-state index contributed by atoms with van der Waals surface area (Å²) in [5.41, 5.74) is 2.30. The van der Waals surface area contributed by atoms with Crippen LogP contribution in [0.1, 0.15) is 5.56 Å². The van der Waals surface area contributed by atoms with Gasteiger partial charge in [0, 0.05) is 9.58 Å². The lowest BCUT2D eigenvalue weighted by molar-refractivity contribution is 0.475. The topological polar surface area (TPSA) is 40.5 Å². The first kappa shape index (κ1) is 11.1. The van der Waals surface area contributed by atoms with Crippen molar-refractivity contribution >= 4 is 21.4 Å². The number of aryl methyl sites for hydroxylation is 1. The third kappa shape index (κ3) is 1.73. The van der Waals surface area contributed by atoms with Crippen molar-refractivity contribution in [3.8, 4) is 21.9 Å². The Balaban J connectivity index is 2.23. The third-order valence-corrected chi connectivity index (χ3v) is 4.35. The molecule has 0 aliphatic carbocycles. The summed E-state index contributed by atoms with van der Waals surface area (Å²) in [6.45, 7) is 2.08. The number of hydrogen-bond donors (Lipinski definition) is 2. The van der Waals surface area contributed by atoms with Gasteiger partial charge >= 0.3 is 0 Å². The SMILES string of the molecule is Cc1c(-c2ccc(O)cc2)sc2cc(O)ccc12. The van der Waals surface area contributed by atoms with E-state index in [0.717, 1.165) is 10.3 Å².